The van der Waals surface area contributed by atoms with Crippen LogP contribution in [-0.4, -0.2) is 15.4 Å². The fourth-order valence-electron chi connectivity index (χ4n) is 1.74. The molecule has 0 heterocycles. The van der Waals surface area contributed by atoms with Crippen LogP contribution >= 0.6 is 0 Å². The monoisotopic (exact) mass is 339 g/mol. The average molecular weight is 339 g/mol. The first-order valence-electron chi connectivity index (χ1n) is 5.14. The van der Waals surface area contributed by atoms with Crippen LogP contribution in [0.2, 0.25) is 0 Å². The Hall–Kier alpha value is 0.351. The first kappa shape index (κ1) is 20.4. The van der Waals surface area contributed by atoms with Crippen LogP contribution in [0, 0.1) is 13.8 Å². The van der Waals surface area contributed by atoms with Gasteiger partial charge in [-0.3, -0.25) is 0 Å². The standard InChI is InChI=1S/C9H11BF4NO3S.K/c1-5-7(4-15)3-8(10(11,12)13)6(2)9(5)18-19(14,16)17;/h3H,4,15H2,1-2H3;/q-1;+1. The normalized spacial score (nSPS) is 11.9. The largest absolute Gasteiger partial charge is 1.00 e. The van der Waals surface area contributed by atoms with Crippen molar-refractivity contribution in [1.82, 2.24) is 0 Å². The van der Waals surface area contributed by atoms with Crippen molar-refractivity contribution in [3.8, 4) is 5.75 Å². The summed E-state index contributed by atoms with van der Waals surface area (Å²) in [5.41, 5.74) is 3.85. The second kappa shape index (κ2) is 7.07. The Kier molecular flexibility index (Phi) is 7.20. The maximum atomic E-state index is 12.8. The Balaban J connectivity index is 0.00000361. The van der Waals surface area contributed by atoms with Crippen molar-refractivity contribution in [2.24, 2.45) is 5.73 Å². The van der Waals surface area contributed by atoms with E-state index in [9.17, 15) is 25.3 Å². The van der Waals surface area contributed by atoms with Crippen LogP contribution in [0.5, 0.6) is 5.75 Å². The van der Waals surface area contributed by atoms with E-state index in [0.717, 1.165) is 13.0 Å². The molecule has 1 rings (SSSR count). The van der Waals surface area contributed by atoms with Gasteiger partial charge in [0.05, 0.1) is 0 Å². The molecule has 0 saturated carbocycles. The number of nitrogens with two attached hydrogens (primary N) is 1. The molecule has 0 aliphatic carbocycles. The second-order valence-corrected chi connectivity index (χ2v) is 4.91. The van der Waals surface area contributed by atoms with Crippen LogP contribution in [0.3, 0.4) is 0 Å². The summed E-state index contributed by atoms with van der Waals surface area (Å²) < 4.78 is 76.0. The zero-order valence-corrected chi connectivity index (χ0v) is 15.0. The molecule has 0 aliphatic rings. The minimum absolute atomic E-state index is 0. The number of benzene rings is 1. The summed E-state index contributed by atoms with van der Waals surface area (Å²) in [5.74, 6) is -0.667. The van der Waals surface area contributed by atoms with Gasteiger partial charge in [0.25, 0.3) is 0 Å². The van der Waals surface area contributed by atoms with Crippen LogP contribution in [0.1, 0.15) is 16.7 Å². The van der Waals surface area contributed by atoms with Crippen LogP contribution < -0.4 is 66.8 Å². The molecule has 1 aromatic rings. The summed E-state index contributed by atoms with van der Waals surface area (Å²) >= 11 is 0. The molecule has 0 amide bonds. The molecule has 4 nitrogen and oxygen atoms in total. The van der Waals surface area contributed by atoms with Crippen LogP contribution in [0.25, 0.3) is 0 Å². The Morgan fingerprint density at radius 2 is 1.75 bits per heavy atom. The third-order valence-electron chi connectivity index (χ3n) is 2.68. The summed E-state index contributed by atoms with van der Waals surface area (Å²) in [7, 11) is -5.41. The van der Waals surface area contributed by atoms with E-state index in [-0.39, 0.29) is 69.1 Å². The molecule has 0 aromatic heterocycles. The first-order chi connectivity index (χ1) is 8.47. The third kappa shape index (κ3) is 4.97. The van der Waals surface area contributed by atoms with Gasteiger partial charge < -0.3 is 22.9 Å². The minimum atomic E-state index is -5.41. The summed E-state index contributed by atoms with van der Waals surface area (Å²) in [6.45, 7) is -3.33. The predicted molar refractivity (Wildman–Crippen MR) is 63.2 cm³/mol. The molecule has 0 saturated heterocycles. The molecule has 11 heteroatoms. The van der Waals surface area contributed by atoms with E-state index in [0.29, 0.717) is 0 Å². The molecule has 2 N–H and O–H groups in total. The molecular weight excluding hydrogens is 328 g/mol. The molecular formula is C9H11BF4KNO3S. The van der Waals surface area contributed by atoms with Gasteiger partial charge in [-0.25, -0.2) is 0 Å². The zero-order chi connectivity index (χ0) is 15.0. The first-order valence-corrected chi connectivity index (χ1v) is 6.45. The van der Waals surface area contributed by atoms with Gasteiger partial charge in [0.2, 0.25) is 0 Å². The van der Waals surface area contributed by atoms with Gasteiger partial charge in [0.1, 0.15) is 5.75 Å². The predicted octanol–water partition coefficient (Wildman–Crippen LogP) is -1.59. The van der Waals surface area contributed by atoms with E-state index in [1.54, 1.807) is 0 Å². The van der Waals surface area contributed by atoms with Crippen LogP contribution in [-0.2, 0) is 17.0 Å². The molecule has 0 spiro atoms. The maximum absolute atomic E-state index is 12.8. The van der Waals surface area contributed by atoms with Crippen molar-refractivity contribution < 1.29 is 80.8 Å². The second-order valence-electron chi connectivity index (χ2n) is 3.96. The van der Waals surface area contributed by atoms with E-state index in [1.807, 2.05) is 0 Å². The summed E-state index contributed by atoms with van der Waals surface area (Å²) in [5, 5.41) is 0. The van der Waals surface area contributed by atoms with Gasteiger partial charge in [-0.1, -0.05) is 9.95 Å². The zero-order valence-electron chi connectivity index (χ0n) is 11.1. The van der Waals surface area contributed by atoms with Gasteiger partial charge in [-0.15, -0.1) is 5.46 Å². The molecule has 0 fully saturated rings. The van der Waals surface area contributed by atoms with Crippen molar-refractivity contribution in [1.29, 1.82) is 0 Å². The number of rotatable bonds is 4. The fourth-order valence-corrected chi connectivity index (χ4v) is 2.19. The Morgan fingerprint density at radius 1 is 1.25 bits per heavy atom. The summed E-state index contributed by atoms with van der Waals surface area (Å²) in [4.78, 5) is 0. The molecule has 108 valence electrons. The van der Waals surface area contributed by atoms with Gasteiger partial charge >= 0.3 is 68.9 Å². The van der Waals surface area contributed by atoms with Gasteiger partial charge in [0.15, 0.2) is 0 Å². The quantitative estimate of drug-likeness (QED) is 0.408. The number of hydrogen-bond acceptors (Lipinski definition) is 4. The molecule has 0 radical (unpaired) electrons. The van der Waals surface area contributed by atoms with Crippen LogP contribution in [0.4, 0.5) is 16.8 Å². The smallest absolute Gasteiger partial charge is 0.445 e. The van der Waals surface area contributed by atoms with Gasteiger partial charge in [-0.05, 0) is 30.5 Å². The van der Waals surface area contributed by atoms with Gasteiger partial charge in [0, 0.05) is 6.54 Å². The Morgan fingerprint density at radius 3 is 2.10 bits per heavy atom. The van der Waals surface area contributed by atoms with Crippen molar-refractivity contribution in [2.45, 2.75) is 20.4 Å². The fraction of sp³-hybridized carbons (Fsp3) is 0.333. The summed E-state index contributed by atoms with van der Waals surface area (Å²) in [6.07, 6.45) is 0. The molecule has 1 aromatic carbocycles. The maximum Gasteiger partial charge on any atom is 1.00 e. The van der Waals surface area contributed by atoms with E-state index in [1.165, 1.54) is 6.92 Å². The van der Waals surface area contributed by atoms with Crippen molar-refractivity contribution in [3.05, 3.63) is 22.8 Å². The molecule has 20 heavy (non-hydrogen) atoms. The number of hydrogen-bond donors (Lipinski definition) is 1. The van der Waals surface area contributed by atoms with E-state index >= 15 is 0 Å². The van der Waals surface area contributed by atoms with E-state index in [4.69, 9.17) is 5.73 Å². The van der Waals surface area contributed by atoms with Crippen molar-refractivity contribution in [2.75, 3.05) is 0 Å². The number of halogens is 4. The van der Waals surface area contributed by atoms with E-state index in [2.05, 4.69) is 4.18 Å². The van der Waals surface area contributed by atoms with Gasteiger partial charge in [-0.2, -0.15) is 8.42 Å². The molecule has 0 unspecified atom stereocenters. The topological polar surface area (TPSA) is 69.4 Å². The third-order valence-corrected chi connectivity index (χ3v) is 3.05. The molecule has 0 bridgehead atoms. The van der Waals surface area contributed by atoms with Crippen molar-refractivity contribution in [3.63, 3.8) is 0 Å². The Labute approximate surface area is 157 Å². The molecule has 0 aliphatic heterocycles. The SMILES string of the molecule is Cc1c(CN)cc([B-](F)(F)F)c(C)c1OS(=O)(=O)F.[K+]. The van der Waals surface area contributed by atoms with Crippen LogP contribution in [0.15, 0.2) is 6.07 Å². The van der Waals surface area contributed by atoms with Crippen molar-refractivity contribution >= 4 is 22.9 Å². The molecule has 0 atom stereocenters. The van der Waals surface area contributed by atoms with E-state index < -0.39 is 34.3 Å². The average Bonchev–Trinajstić information content (AvgIpc) is 2.21. The summed E-state index contributed by atoms with van der Waals surface area (Å²) in [6, 6.07) is 0.822. The Bertz CT molecular complexity index is 606. The minimum Gasteiger partial charge on any atom is -0.445 e.